The Labute approximate surface area is 112 Å². The van der Waals surface area contributed by atoms with E-state index < -0.39 is 0 Å². The topological polar surface area (TPSA) is 64.9 Å². The molecule has 0 spiro atoms. The highest BCUT2D eigenvalue weighted by molar-refractivity contribution is 7.19. The molecular weight excluding hydrogens is 270 g/mol. The van der Waals surface area contributed by atoms with Gasteiger partial charge in [-0.25, -0.2) is 0 Å². The lowest BCUT2D eigenvalue weighted by Crippen LogP contribution is -1.86. The summed E-state index contributed by atoms with van der Waals surface area (Å²) in [5, 5.41) is 3.94. The normalized spacial score (nSPS) is 10.7. The quantitative estimate of drug-likeness (QED) is 0.725. The van der Waals surface area contributed by atoms with Crippen molar-refractivity contribution in [3.05, 3.63) is 40.7 Å². The Morgan fingerprint density at radius 1 is 1.22 bits per heavy atom. The third-order valence-corrected chi connectivity index (χ3v) is 3.57. The summed E-state index contributed by atoms with van der Waals surface area (Å²) in [6, 6.07) is 11.0. The summed E-state index contributed by atoms with van der Waals surface area (Å²) in [4.78, 5) is 5.17. The van der Waals surface area contributed by atoms with Crippen LogP contribution in [-0.2, 0) is 0 Å². The second-order valence-corrected chi connectivity index (χ2v) is 5.37. The molecule has 0 amide bonds. The van der Waals surface area contributed by atoms with Crippen molar-refractivity contribution < 1.29 is 4.52 Å². The molecule has 90 valence electrons. The van der Waals surface area contributed by atoms with Crippen LogP contribution >= 0.6 is 22.9 Å². The minimum atomic E-state index is 0.462. The number of rotatable bonds is 2. The molecule has 6 heteroatoms. The van der Waals surface area contributed by atoms with Crippen LogP contribution in [0.4, 0.5) is 5.69 Å². The van der Waals surface area contributed by atoms with Crippen LogP contribution in [0.3, 0.4) is 0 Å². The molecule has 0 aliphatic carbocycles. The maximum atomic E-state index is 5.87. The number of thiophene rings is 1. The number of hydrogen-bond donors (Lipinski definition) is 1. The van der Waals surface area contributed by atoms with E-state index in [1.807, 2.05) is 24.3 Å². The van der Waals surface area contributed by atoms with E-state index in [2.05, 4.69) is 10.1 Å². The molecule has 3 rings (SSSR count). The molecule has 4 nitrogen and oxygen atoms in total. The molecule has 2 heterocycles. The maximum Gasteiger partial charge on any atom is 0.268 e. The summed E-state index contributed by atoms with van der Waals surface area (Å²) in [6.45, 7) is 0. The van der Waals surface area contributed by atoms with E-state index in [1.165, 1.54) is 11.3 Å². The standard InChI is InChI=1S/C12H8ClN3OS/c13-10-5-4-9(18-10)12-15-11(16-17-12)7-2-1-3-8(14)6-7/h1-6H,14H2. The fourth-order valence-corrected chi connectivity index (χ4v) is 2.51. The number of nitrogens with two attached hydrogens (primary N) is 1. The zero-order valence-corrected chi connectivity index (χ0v) is 10.7. The van der Waals surface area contributed by atoms with E-state index in [0.29, 0.717) is 21.7 Å². The first kappa shape index (κ1) is 11.3. The highest BCUT2D eigenvalue weighted by Crippen LogP contribution is 2.31. The monoisotopic (exact) mass is 277 g/mol. The van der Waals surface area contributed by atoms with Crippen molar-refractivity contribution in [3.8, 4) is 22.2 Å². The van der Waals surface area contributed by atoms with Crippen molar-refractivity contribution in [1.29, 1.82) is 0 Å². The van der Waals surface area contributed by atoms with Crippen LogP contribution in [0.25, 0.3) is 22.2 Å². The molecule has 0 aliphatic rings. The van der Waals surface area contributed by atoms with Gasteiger partial charge in [-0.2, -0.15) is 4.98 Å². The second kappa shape index (κ2) is 4.44. The molecule has 0 fully saturated rings. The van der Waals surface area contributed by atoms with E-state index >= 15 is 0 Å². The molecule has 0 atom stereocenters. The average molecular weight is 278 g/mol. The van der Waals surface area contributed by atoms with Gasteiger partial charge in [0, 0.05) is 11.3 Å². The molecule has 0 aliphatic heterocycles. The summed E-state index contributed by atoms with van der Waals surface area (Å²) in [5.41, 5.74) is 7.21. The third-order valence-electron chi connectivity index (χ3n) is 2.35. The highest BCUT2D eigenvalue weighted by atomic mass is 35.5. The first-order valence-corrected chi connectivity index (χ1v) is 6.37. The van der Waals surface area contributed by atoms with Crippen molar-refractivity contribution in [2.45, 2.75) is 0 Å². The van der Waals surface area contributed by atoms with Gasteiger partial charge in [-0.05, 0) is 24.3 Å². The third kappa shape index (κ3) is 2.10. The molecule has 0 unspecified atom stereocenters. The predicted molar refractivity (Wildman–Crippen MR) is 72.5 cm³/mol. The number of nitrogen functional groups attached to an aromatic ring is 1. The Bertz CT molecular complexity index is 692. The first-order chi connectivity index (χ1) is 8.72. The maximum absolute atomic E-state index is 5.87. The average Bonchev–Trinajstić information content (AvgIpc) is 2.97. The van der Waals surface area contributed by atoms with Gasteiger partial charge in [-0.15, -0.1) is 11.3 Å². The lowest BCUT2D eigenvalue weighted by molar-refractivity contribution is 0.433. The Morgan fingerprint density at radius 2 is 2.11 bits per heavy atom. The lowest BCUT2D eigenvalue weighted by atomic mass is 10.2. The van der Waals surface area contributed by atoms with Gasteiger partial charge in [0.25, 0.3) is 5.89 Å². The molecular formula is C12H8ClN3OS. The Kier molecular flexibility index (Phi) is 2.77. The van der Waals surface area contributed by atoms with Crippen molar-refractivity contribution in [2.75, 3.05) is 5.73 Å². The minimum Gasteiger partial charge on any atom is -0.399 e. The Balaban J connectivity index is 1.99. The van der Waals surface area contributed by atoms with Gasteiger partial charge in [0.2, 0.25) is 5.82 Å². The first-order valence-electron chi connectivity index (χ1n) is 5.18. The molecule has 0 radical (unpaired) electrons. The Morgan fingerprint density at radius 3 is 2.83 bits per heavy atom. The zero-order valence-electron chi connectivity index (χ0n) is 9.13. The van der Waals surface area contributed by atoms with Crippen molar-refractivity contribution >= 4 is 28.6 Å². The van der Waals surface area contributed by atoms with Gasteiger partial charge in [-0.1, -0.05) is 28.9 Å². The lowest BCUT2D eigenvalue weighted by Gasteiger charge is -1.95. The van der Waals surface area contributed by atoms with Crippen LogP contribution in [0, 0.1) is 0 Å². The van der Waals surface area contributed by atoms with Gasteiger partial charge in [0.15, 0.2) is 0 Å². The Hall–Kier alpha value is -1.85. The SMILES string of the molecule is Nc1cccc(-c2noc(-c3ccc(Cl)s3)n2)c1. The van der Waals surface area contributed by atoms with E-state index in [1.54, 1.807) is 12.1 Å². The molecule has 0 bridgehead atoms. The molecule has 2 aromatic heterocycles. The molecule has 2 N–H and O–H groups in total. The largest absolute Gasteiger partial charge is 0.399 e. The van der Waals surface area contributed by atoms with Gasteiger partial charge in [0.05, 0.1) is 9.21 Å². The van der Waals surface area contributed by atoms with Crippen LogP contribution in [0.1, 0.15) is 0 Å². The van der Waals surface area contributed by atoms with Gasteiger partial charge in [0.1, 0.15) is 0 Å². The number of aromatic nitrogens is 2. The van der Waals surface area contributed by atoms with Crippen LogP contribution in [-0.4, -0.2) is 10.1 Å². The van der Waals surface area contributed by atoms with E-state index in [0.717, 1.165) is 10.4 Å². The number of hydrogen-bond acceptors (Lipinski definition) is 5. The van der Waals surface area contributed by atoms with Crippen molar-refractivity contribution in [3.63, 3.8) is 0 Å². The fourth-order valence-electron chi connectivity index (χ4n) is 1.55. The van der Waals surface area contributed by atoms with Crippen molar-refractivity contribution in [1.82, 2.24) is 10.1 Å². The molecule has 0 saturated heterocycles. The van der Waals surface area contributed by atoms with Gasteiger partial charge in [-0.3, -0.25) is 0 Å². The molecule has 3 aromatic rings. The number of anilines is 1. The smallest absolute Gasteiger partial charge is 0.268 e. The number of benzene rings is 1. The predicted octanol–water partition coefficient (Wildman–Crippen LogP) is 3.70. The van der Waals surface area contributed by atoms with Crippen LogP contribution < -0.4 is 5.73 Å². The van der Waals surface area contributed by atoms with Crippen molar-refractivity contribution in [2.24, 2.45) is 0 Å². The van der Waals surface area contributed by atoms with E-state index in [4.69, 9.17) is 21.9 Å². The number of nitrogens with zero attached hydrogens (tertiary/aromatic N) is 2. The van der Waals surface area contributed by atoms with E-state index in [-0.39, 0.29) is 0 Å². The van der Waals surface area contributed by atoms with Crippen LogP contribution in [0.2, 0.25) is 4.34 Å². The summed E-state index contributed by atoms with van der Waals surface area (Å²) in [6.07, 6.45) is 0. The minimum absolute atomic E-state index is 0.462. The number of halogens is 1. The summed E-state index contributed by atoms with van der Waals surface area (Å²) >= 11 is 7.26. The van der Waals surface area contributed by atoms with Crippen LogP contribution in [0.15, 0.2) is 40.9 Å². The summed E-state index contributed by atoms with van der Waals surface area (Å²) < 4.78 is 5.90. The van der Waals surface area contributed by atoms with Crippen LogP contribution in [0.5, 0.6) is 0 Å². The second-order valence-electron chi connectivity index (χ2n) is 3.65. The fraction of sp³-hybridized carbons (Fsp3) is 0. The highest BCUT2D eigenvalue weighted by Gasteiger charge is 2.12. The summed E-state index contributed by atoms with van der Waals surface area (Å²) in [7, 11) is 0. The molecule has 1 aromatic carbocycles. The zero-order chi connectivity index (χ0) is 12.5. The molecule has 0 saturated carbocycles. The van der Waals surface area contributed by atoms with Gasteiger partial charge < -0.3 is 10.3 Å². The molecule has 18 heavy (non-hydrogen) atoms. The summed E-state index contributed by atoms with van der Waals surface area (Å²) in [5.74, 6) is 0.978. The van der Waals surface area contributed by atoms with Gasteiger partial charge >= 0.3 is 0 Å². The van der Waals surface area contributed by atoms with E-state index in [9.17, 15) is 0 Å².